The molecular weight excluding hydrogens is 270 g/mol. The van der Waals surface area contributed by atoms with Crippen LogP contribution in [0.2, 0.25) is 0 Å². The molecule has 0 bridgehead atoms. The van der Waals surface area contributed by atoms with E-state index in [4.69, 9.17) is 9.47 Å². The molecule has 1 N–H and O–H groups in total. The molecule has 0 unspecified atom stereocenters. The minimum Gasteiger partial charge on any atom is -0.473 e. The van der Waals surface area contributed by atoms with Crippen LogP contribution in [-0.4, -0.2) is 17.6 Å². The molecule has 0 saturated carbocycles. The molecule has 0 fully saturated rings. The average Bonchev–Trinajstić information content (AvgIpc) is 2.45. The second-order valence-corrected chi connectivity index (χ2v) is 4.52. The zero-order chi connectivity index (χ0) is 15.2. The van der Waals surface area contributed by atoms with Crippen molar-refractivity contribution < 1.29 is 14.3 Å². The van der Waals surface area contributed by atoms with Crippen LogP contribution in [0, 0.1) is 6.92 Å². The number of aromatic nitrogens is 1. The Morgan fingerprint density at radius 3 is 2.62 bits per heavy atom. The summed E-state index contributed by atoms with van der Waals surface area (Å²) in [5.41, 5.74) is 1.05. The third-order valence-electron chi connectivity index (χ3n) is 2.84. The Kier molecular flexibility index (Phi) is 4.77. The molecule has 1 aromatic heterocycles. The number of rotatable bonds is 5. The Hall–Kier alpha value is -2.56. The van der Waals surface area contributed by atoms with Crippen LogP contribution in [0.5, 0.6) is 5.88 Å². The molecule has 0 aliphatic heterocycles. The summed E-state index contributed by atoms with van der Waals surface area (Å²) < 4.78 is 10.5. The number of hydrogen-bond donors (Lipinski definition) is 1. The van der Waals surface area contributed by atoms with Gasteiger partial charge in [0.25, 0.3) is 0 Å². The molecule has 1 heterocycles. The fourth-order valence-corrected chi connectivity index (χ4v) is 1.89. The average molecular weight is 287 g/mol. The lowest BCUT2D eigenvalue weighted by molar-refractivity contribution is 0.0518. The molecule has 0 radical (unpaired) electrons. The van der Waals surface area contributed by atoms with E-state index in [1.165, 1.54) is 6.07 Å². The van der Waals surface area contributed by atoms with Crippen molar-refractivity contribution >= 4 is 5.97 Å². The van der Waals surface area contributed by atoms with Crippen LogP contribution in [0.3, 0.4) is 0 Å². The van der Waals surface area contributed by atoms with Crippen molar-refractivity contribution in [1.82, 2.24) is 4.98 Å². The lowest BCUT2D eigenvalue weighted by Gasteiger charge is -2.11. The van der Waals surface area contributed by atoms with Gasteiger partial charge >= 0.3 is 5.97 Å². The summed E-state index contributed by atoms with van der Waals surface area (Å²) in [7, 11) is 0. The lowest BCUT2D eigenvalue weighted by atomic mass is 10.2. The number of carbonyl (C=O) groups excluding carboxylic acids is 1. The first kappa shape index (κ1) is 14.8. The molecule has 0 aliphatic rings. The van der Waals surface area contributed by atoms with Gasteiger partial charge in [0.15, 0.2) is 11.0 Å². The number of ether oxygens (including phenoxy) is 2. The molecule has 2 rings (SSSR count). The van der Waals surface area contributed by atoms with Crippen molar-refractivity contribution in [2.75, 3.05) is 6.61 Å². The summed E-state index contributed by atoms with van der Waals surface area (Å²) in [6.07, 6.45) is 0. The summed E-state index contributed by atoms with van der Waals surface area (Å²) >= 11 is 0. The third-order valence-corrected chi connectivity index (χ3v) is 2.84. The molecule has 2 aromatic rings. The fourth-order valence-electron chi connectivity index (χ4n) is 1.89. The number of carbonyl (C=O) groups is 1. The van der Waals surface area contributed by atoms with E-state index in [2.05, 4.69) is 4.98 Å². The number of hydrogen-bond acceptors (Lipinski definition) is 4. The topological polar surface area (TPSA) is 68.4 Å². The van der Waals surface area contributed by atoms with Crippen LogP contribution in [0.25, 0.3) is 0 Å². The zero-order valence-corrected chi connectivity index (χ0v) is 12.0. The van der Waals surface area contributed by atoms with Crippen molar-refractivity contribution in [2.45, 2.75) is 20.5 Å². The predicted molar refractivity (Wildman–Crippen MR) is 78.5 cm³/mol. The smallest absolute Gasteiger partial charge is 0.347 e. The van der Waals surface area contributed by atoms with Gasteiger partial charge in [-0.1, -0.05) is 30.3 Å². The number of pyridine rings is 1. The van der Waals surface area contributed by atoms with Gasteiger partial charge in [-0.15, -0.1) is 0 Å². The summed E-state index contributed by atoms with van der Waals surface area (Å²) in [6.45, 7) is 3.87. The summed E-state index contributed by atoms with van der Waals surface area (Å²) in [5.74, 6) is -0.538. The first-order valence-electron chi connectivity index (χ1n) is 6.69. The predicted octanol–water partition coefficient (Wildman–Crippen LogP) is 2.44. The molecule has 0 spiro atoms. The van der Waals surface area contributed by atoms with E-state index in [9.17, 15) is 9.59 Å². The van der Waals surface area contributed by atoms with Crippen molar-refractivity contribution in [3.63, 3.8) is 0 Å². The monoisotopic (exact) mass is 287 g/mol. The van der Waals surface area contributed by atoms with Gasteiger partial charge in [-0.25, -0.2) is 4.79 Å². The lowest BCUT2D eigenvalue weighted by Crippen LogP contribution is -2.20. The van der Waals surface area contributed by atoms with E-state index >= 15 is 0 Å². The molecule has 0 atom stereocenters. The van der Waals surface area contributed by atoms with Crippen LogP contribution in [-0.2, 0) is 11.3 Å². The maximum atomic E-state index is 12.0. The summed E-state index contributed by atoms with van der Waals surface area (Å²) in [5, 5.41) is 0. The molecule has 21 heavy (non-hydrogen) atoms. The molecule has 5 nitrogen and oxygen atoms in total. The highest BCUT2D eigenvalue weighted by atomic mass is 16.5. The van der Waals surface area contributed by atoms with Gasteiger partial charge in [0.2, 0.25) is 5.88 Å². The van der Waals surface area contributed by atoms with Crippen LogP contribution < -0.4 is 10.2 Å². The molecular formula is C16H17NO4. The highest BCUT2D eigenvalue weighted by Gasteiger charge is 2.19. The quantitative estimate of drug-likeness (QED) is 0.858. The zero-order valence-electron chi connectivity index (χ0n) is 12.0. The van der Waals surface area contributed by atoms with E-state index in [0.717, 1.165) is 5.56 Å². The van der Waals surface area contributed by atoms with Gasteiger partial charge in [0.1, 0.15) is 6.61 Å². The fraction of sp³-hybridized carbons (Fsp3) is 0.250. The molecule has 110 valence electrons. The van der Waals surface area contributed by atoms with Gasteiger partial charge in [0.05, 0.1) is 6.61 Å². The number of benzene rings is 1. The number of H-pyrrole nitrogens is 1. The first-order chi connectivity index (χ1) is 10.1. The minimum absolute atomic E-state index is 0.0987. The SMILES string of the molecule is CCOC(=O)c1c(OCc2ccccc2)[nH]c(C)cc1=O. The van der Waals surface area contributed by atoms with Gasteiger partial charge in [-0.3, -0.25) is 4.79 Å². The number of aromatic amines is 1. The van der Waals surface area contributed by atoms with E-state index in [-0.39, 0.29) is 24.7 Å². The second kappa shape index (κ2) is 6.74. The van der Waals surface area contributed by atoms with Gasteiger partial charge in [-0.2, -0.15) is 0 Å². The Morgan fingerprint density at radius 2 is 1.95 bits per heavy atom. The van der Waals surface area contributed by atoms with Crippen LogP contribution in [0.1, 0.15) is 28.5 Å². The maximum Gasteiger partial charge on any atom is 0.347 e. The van der Waals surface area contributed by atoms with Crippen LogP contribution in [0.4, 0.5) is 0 Å². The maximum absolute atomic E-state index is 12.0. The molecule has 0 saturated heterocycles. The van der Waals surface area contributed by atoms with Crippen molar-refractivity contribution in [1.29, 1.82) is 0 Å². The summed E-state index contributed by atoms with van der Waals surface area (Å²) in [4.78, 5) is 26.8. The Balaban J connectivity index is 2.29. The summed E-state index contributed by atoms with van der Waals surface area (Å²) in [6, 6.07) is 10.8. The Bertz CT molecular complexity index is 676. The molecule has 0 amide bonds. The highest BCUT2D eigenvalue weighted by molar-refractivity contribution is 5.91. The third kappa shape index (κ3) is 3.72. The van der Waals surface area contributed by atoms with E-state index in [1.807, 2.05) is 30.3 Å². The Morgan fingerprint density at radius 1 is 1.24 bits per heavy atom. The number of esters is 1. The Labute approximate surface area is 122 Å². The largest absolute Gasteiger partial charge is 0.473 e. The first-order valence-corrected chi connectivity index (χ1v) is 6.69. The van der Waals surface area contributed by atoms with E-state index in [1.54, 1.807) is 13.8 Å². The van der Waals surface area contributed by atoms with Crippen molar-refractivity contribution in [2.24, 2.45) is 0 Å². The van der Waals surface area contributed by atoms with Crippen molar-refractivity contribution in [3.8, 4) is 5.88 Å². The van der Waals surface area contributed by atoms with Gasteiger partial charge in [-0.05, 0) is 19.4 Å². The minimum atomic E-state index is -0.679. The number of nitrogens with one attached hydrogen (secondary N) is 1. The second-order valence-electron chi connectivity index (χ2n) is 4.52. The van der Waals surface area contributed by atoms with E-state index in [0.29, 0.717) is 5.69 Å². The van der Waals surface area contributed by atoms with Crippen LogP contribution >= 0.6 is 0 Å². The number of aryl methyl sites for hydroxylation is 1. The highest BCUT2D eigenvalue weighted by Crippen LogP contribution is 2.15. The molecule has 1 aromatic carbocycles. The van der Waals surface area contributed by atoms with Crippen molar-refractivity contribution in [3.05, 3.63) is 63.4 Å². The van der Waals surface area contributed by atoms with Gasteiger partial charge < -0.3 is 14.5 Å². The van der Waals surface area contributed by atoms with Crippen LogP contribution in [0.15, 0.2) is 41.2 Å². The molecule has 0 aliphatic carbocycles. The van der Waals surface area contributed by atoms with E-state index < -0.39 is 11.4 Å². The molecule has 5 heteroatoms. The normalized spacial score (nSPS) is 10.2. The van der Waals surface area contributed by atoms with Gasteiger partial charge in [0, 0.05) is 11.8 Å². The standard InChI is InChI=1S/C16H17NO4/c1-3-20-16(19)14-13(18)9-11(2)17-15(14)21-10-12-7-5-4-6-8-12/h4-9H,3,10H2,1-2H3,(H,17,18).